The van der Waals surface area contributed by atoms with Crippen molar-refractivity contribution in [2.45, 2.75) is 27.4 Å². The summed E-state index contributed by atoms with van der Waals surface area (Å²) in [6.07, 6.45) is 0. The van der Waals surface area contributed by atoms with Crippen LogP contribution in [0.3, 0.4) is 0 Å². The molecule has 0 unspecified atom stereocenters. The Morgan fingerprint density at radius 2 is 2.00 bits per heavy atom. The van der Waals surface area contributed by atoms with Gasteiger partial charge in [-0.3, -0.25) is 4.98 Å². The summed E-state index contributed by atoms with van der Waals surface area (Å²) in [5.74, 6) is 0. The van der Waals surface area contributed by atoms with Crippen LogP contribution in [0, 0.1) is 6.92 Å². The maximum atomic E-state index is 11.8. The first-order valence-electron chi connectivity index (χ1n) is 3.81. The molecule has 0 radical (unpaired) electrons. The zero-order valence-corrected chi connectivity index (χ0v) is 7.26. The second kappa shape index (κ2) is 5.83. The summed E-state index contributed by atoms with van der Waals surface area (Å²) in [6, 6.07) is 5.32. The molecule has 0 saturated heterocycles. The van der Waals surface area contributed by atoms with Gasteiger partial charge in [-0.15, -0.1) is 0 Å². The van der Waals surface area contributed by atoms with Gasteiger partial charge in [0.05, 0.1) is 5.69 Å². The maximum absolute atomic E-state index is 11.8. The van der Waals surface area contributed by atoms with Crippen LogP contribution in [-0.4, -0.2) is 4.98 Å². The summed E-state index contributed by atoms with van der Waals surface area (Å²) >= 11 is 0. The molecular weight excluding hydrogens is 141 g/mol. The average Bonchev–Trinajstić information content (AvgIpc) is 2.08. The van der Waals surface area contributed by atoms with Crippen LogP contribution in [0.4, 0.5) is 4.39 Å². The summed E-state index contributed by atoms with van der Waals surface area (Å²) in [5, 5.41) is 0. The van der Waals surface area contributed by atoms with E-state index in [4.69, 9.17) is 0 Å². The van der Waals surface area contributed by atoms with Crippen molar-refractivity contribution < 1.29 is 4.39 Å². The molecule has 1 nitrogen and oxygen atoms in total. The van der Waals surface area contributed by atoms with E-state index in [1.807, 2.05) is 26.8 Å². The van der Waals surface area contributed by atoms with E-state index in [9.17, 15) is 4.39 Å². The molecule has 0 bridgehead atoms. The molecule has 0 aliphatic carbocycles. The third-order valence-corrected chi connectivity index (χ3v) is 1.08. The second-order valence-electron chi connectivity index (χ2n) is 1.90. The number of nitrogens with zero attached hydrogens (tertiary/aromatic N) is 1. The molecule has 1 rings (SSSR count). The summed E-state index contributed by atoms with van der Waals surface area (Å²) in [5.41, 5.74) is 1.38. The molecule has 1 aromatic rings. The third kappa shape index (κ3) is 3.71. The second-order valence-corrected chi connectivity index (χ2v) is 1.90. The highest BCUT2D eigenvalue weighted by atomic mass is 19.1. The van der Waals surface area contributed by atoms with Crippen LogP contribution < -0.4 is 0 Å². The number of aryl methyl sites for hydroxylation is 1. The molecule has 0 aliphatic rings. The number of aromatic nitrogens is 1. The Kier molecular flexibility index (Phi) is 5.35. The minimum absolute atomic E-state index is 0.471. The minimum Gasteiger partial charge on any atom is -0.255 e. The van der Waals surface area contributed by atoms with Gasteiger partial charge in [-0.05, 0) is 19.1 Å². The maximum Gasteiger partial charge on any atom is 0.131 e. The fraction of sp³-hybridized carbons (Fsp3) is 0.444. The Balaban J connectivity index is 0.000000461. The van der Waals surface area contributed by atoms with Crippen molar-refractivity contribution in [3.8, 4) is 0 Å². The Hall–Kier alpha value is -0.920. The number of hydrogen-bond acceptors (Lipinski definition) is 1. The first-order valence-corrected chi connectivity index (χ1v) is 3.81. The van der Waals surface area contributed by atoms with Gasteiger partial charge in [0.25, 0.3) is 0 Å². The lowest BCUT2D eigenvalue weighted by Gasteiger charge is -1.92. The number of rotatable bonds is 1. The summed E-state index contributed by atoms with van der Waals surface area (Å²) in [4.78, 5) is 3.92. The summed E-state index contributed by atoms with van der Waals surface area (Å²) < 4.78 is 11.8. The van der Waals surface area contributed by atoms with E-state index >= 15 is 0 Å². The Bertz CT molecular complexity index is 199. The zero-order chi connectivity index (χ0) is 8.69. The van der Waals surface area contributed by atoms with Crippen molar-refractivity contribution in [1.82, 2.24) is 4.98 Å². The van der Waals surface area contributed by atoms with Crippen molar-refractivity contribution in [2.75, 3.05) is 0 Å². The lowest BCUT2D eigenvalue weighted by molar-refractivity contribution is 0.475. The van der Waals surface area contributed by atoms with Gasteiger partial charge >= 0.3 is 0 Å². The van der Waals surface area contributed by atoms with E-state index in [1.54, 1.807) is 12.1 Å². The molecule has 1 heterocycles. The number of halogens is 1. The fourth-order valence-electron chi connectivity index (χ4n) is 0.674. The van der Waals surface area contributed by atoms with Gasteiger partial charge in [-0.25, -0.2) is 4.39 Å². The molecule has 1 aromatic heterocycles. The van der Waals surface area contributed by atoms with Crippen LogP contribution in [0.15, 0.2) is 18.2 Å². The lowest BCUT2D eigenvalue weighted by Crippen LogP contribution is -1.86. The topological polar surface area (TPSA) is 12.9 Å². The quantitative estimate of drug-likeness (QED) is 0.607. The van der Waals surface area contributed by atoms with E-state index in [0.29, 0.717) is 5.69 Å². The van der Waals surface area contributed by atoms with Crippen LogP contribution >= 0.6 is 0 Å². The Morgan fingerprint density at radius 1 is 1.36 bits per heavy atom. The van der Waals surface area contributed by atoms with Gasteiger partial charge in [0.15, 0.2) is 0 Å². The highest BCUT2D eigenvalue weighted by molar-refractivity contribution is 5.08. The van der Waals surface area contributed by atoms with Crippen LogP contribution in [-0.2, 0) is 6.67 Å². The van der Waals surface area contributed by atoms with Crippen LogP contribution in [0.5, 0.6) is 0 Å². The van der Waals surface area contributed by atoms with Crippen molar-refractivity contribution in [1.29, 1.82) is 0 Å². The highest BCUT2D eigenvalue weighted by Gasteiger charge is 1.89. The Labute approximate surface area is 67.3 Å². The standard InChI is InChI=1S/C7H8FN.C2H6/c1-6-3-2-4-7(5-8)9-6;1-2/h2-4H,5H2,1H3;1-2H3. The molecule has 0 N–H and O–H groups in total. The molecule has 0 fully saturated rings. The smallest absolute Gasteiger partial charge is 0.131 e. The zero-order valence-electron chi connectivity index (χ0n) is 7.26. The van der Waals surface area contributed by atoms with Gasteiger partial charge in [0.1, 0.15) is 6.67 Å². The first kappa shape index (κ1) is 10.1. The van der Waals surface area contributed by atoms with Crippen molar-refractivity contribution in [3.63, 3.8) is 0 Å². The van der Waals surface area contributed by atoms with E-state index in [2.05, 4.69) is 4.98 Å². The molecule has 0 saturated carbocycles. The molecule has 62 valence electrons. The summed E-state index contributed by atoms with van der Waals surface area (Å²) in [7, 11) is 0. The van der Waals surface area contributed by atoms with Gasteiger partial charge in [0, 0.05) is 5.69 Å². The molecule has 0 spiro atoms. The summed E-state index contributed by atoms with van der Waals surface area (Å²) in [6.45, 7) is 5.38. The molecule has 0 aliphatic heterocycles. The molecule has 11 heavy (non-hydrogen) atoms. The van der Waals surface area contributed by atoms with Crippen molar-refractivity contribution in [2.24, 2.45) is 0 Å². The first-order chi connectivity index (χ1) is 5.33. The van der Waals surface area contributed by atoms with E-state index in [0.717, 1.165) is 5.69 Å². The highest BCUT2D eigenvalue weighted by Crippen LogP contribution is 1.98. The van der Waals surface area contributed by atoms with E-state index in [1.165, 1.54) is 0 Å². The normalized spacial score (nSPS) is 8.36. The Morgan fingerprint density at radius 3 is 2.36 bits per heavy atom. The number of alkyl halides is 1. The van der Waals surface area contributed by atoms with Gasteiger partial charge < -0.3 is 0 Å². The minimum atomic E-state index is -0.471. The largest absolute Gasteiger partial charge is 0.255 e. The molecule has 0 amide bonds. The van der Waals surface area contributed by atoms with Gasteiger partial charge in [-0.1, -0.05) is 19.9 Å². The SMILES string of the molecule is CC.Cc1cccc(CF)n1. The predicted molar refractivity (Wildman–Crippen MR) is 45.1 cm³/mol. The number of hydrogen-bond donors (Lipinski definition) is 0. The monoisotopic (exact) mass is 155 g/mol. The van der Waals surface area contributed by atoms with Crippen LogP contribution in [0.2, 0.25) is 0 Å². The van der Waals surface area contributed by atoms with Gasteiger partial charge in [-0.2, -0.15) is 0 Å². The molecule has 2 heteroatoms. The molecule has 0 aromatic carbocycles. The van der Waals surface area contributed by atoms with Crippen LogP contribution in [0.25, 0.3) is 0 Å². The predicted octanol–water partition coefficient (Wildman–Crippen LogP) is 2.89. The average molecular weight is 155 g/mol. The lowest BCUT2D eigenvalue weighted by atomic mass is 10.3. The van der Waals surface area contributed by atoms with Crippen molar-refractivity contribution in [3.05, 3.63) is 29.6 Å². The molecular formula is C9H14FN. The van der Waals surface area contributed by atoms with Gasteiger partial charge in [0.2, 0.25) is 0 Å². The fourth-order valence-corrected chi connectivity index (χ4v) is 0.674. The number of pyridine rings is 1. The van der Waals surface area contributed by atoms with E-state index < -0.39 is 6.67 Å². The molecule has 0 atom stereocenters. The van der Waals surface area contributed by atoms with E-state index in [-0.39, 0.29) is 0 Å². The third-order valence-electron chi connectivity index (χ3n) is 1.08. The van der Waals surface area contributed by atoms with Crippen molar-refractivity contribution >= 4 is 0 Å². The van der Waals surface area contributed by atoms with Crippen LogP contribution in [0.1, 0.15) is 25.2 Å².